The van der Waals surface area contributed by atoms with Gasteiger partial charge in [-0.2, -0.15) is 8.78 Å². The zero-order valence-electron chi connectivity index (χ0n) is 16.5. The van der Waals surface area contributed by atoms with Crippen molar-refractivity contribution in [3.05, 3.63) is 83.8 Å². The minimum atomic E-state index is -3.02. The van der Waals surface area contributed by atoms with Gasteiger partial charge in [0.25, 0.3) is 5.91 Å². The minimum Gasteiger partial charge on any atom is -0.493 e. The molecule has 0 aliphatic heterocycles. The predicted molar refractivity (Wildman–Crippen MR) is 107 cm³/mol. The molecule has 0 saturated carbocycles. The third kappa shape index (κ3) is 5.81. The van der Waals surface area contributed by atoms with Crippen molar-refractivity contribution in [2.45, 2.75) is 12.7 Å². The number of amides is 2. The maximum absolute atomic E-state index is 12.5. The van der Waals surface area contributed by atoms with E-state index in [4.69, 9.17) is 9.15 Å². The molecule has 3 aromatic rings. The first-order valence-corrected chi connectivity index (χ1v) is 9.26. The Morgan fingerprint density at radius 2 is 1.81 bits per heavy atom. The topological polar surface area (TPSA) is 89.8 Å². The summed E-state index contributed by atoms with van der Waals surface area (Å²) < 4.78 is 39.6. The van der Waals surface area contributed by atoms with Gasteiger partial charge in [0.15, 0.2) is 11.5 Å². The Morgan fingerprint density at radius 3 is 2.45 bits per heavy atom. The lowest BCUT2D eigenvalue weighted by Gasteiger charge is -2.17. The average molecular weight is 430 g/mol. The molecule has 1 heterocycles. The summed E-state index contributed by atoms with van der Waals surface area (Å²) in [5.41, 5.74) is 0.938. The van der Waals surface area contributed by atoms with Crippen molar-refractivity contribution in [2.75, 3.05) is 13.7 Å². The second-order valence-corrected chi connectivity index (χ2v) is 6.35. The van der Waals surface area contributed by atoms with Crippen LogP contribution < -0.4 is 20.1 Å². The molecule has 0 aliphatic rings. The largest absolute Gasteiger partial charge is 0.493 e. The van der Waals surface area contributed by atoms with Crippen LogP contribution in [0.25, 0.3) is 0 Å². The summed E-state index contributed by atoms with van der Waals surface area (Å²) in [6.07, 6.45) is 1.51. The lowest BCUT2D eigenvalue weighted by atomic mass is 10.0. The Kier molecular flexibility index (Phi) is 7.21. The van der Waals surface area contributed by atoms with Gasteiger partial charge in [0.05, 0.1) is 19.9 Å². The zero-order valence-corrected chi connectivity index (χ0v) is 16.5. The van der Waals surface area contributed by atoms with Gasteiger partial charge >= 0.3 is 6.61 Å². The van der Waals surface area contributed by atoms with E-state index in [1.807, 2.05) is 30.3 Å². The molecule has 9 heteroatoms. The summed E-state index contributed by atoms with van der Waals surface area (Å²) in [4.78, 5) is 24.8. The number of hydrogen-bond acceptors (Lipinski definition) is 5. The number of ether oxygens (including phenoxy) is 2. The molecule has 1 atom stereocenters. The lowest BCUT2D eigenvalue weighted by Crippen LogP contribution is -2.39. The highest BCUT2D eigenvalue weighted by Gasteiger charge is 2.20. The highest BCUT2D eigenvalue weighted by atomic mass is 19.3. The van der Waals surface area contributed by atoms with Crippen LogP contribution in [0.1, 0.15) is 27.7 Å². The van der Waals surface area contributed by atoms with E-state index < -0.39 is 24.5 Å². The number of rotatable bonds is 9. The number of hydrogen-bond donors (Lipinski definition) is 2. The third-order valence-corrected chi connectivity index (χ3v) is 4.32. The SMILES string of the molecule is COc1cc(C(=O)NCC(=O)NC(c2ccccc2)c2ccco2)ccc1OC(F)F. The molecule has 0 bridgehead atoms. The average Bonchev–Trinajstić information content (AvgIpc) is 3.31. The first-order chi connectivity index (χ1) is 15.0. The summed E-state index contributed by atoms with van der Waals surface area (Å²) in [6.45, 7) is -3.33. The smallest absolute Gasteiger partial charge is 0.387 e. The van der Waals surface area contributed by atoms with E-state index in [1.165, 1.54) is 31.6 Å². The summed E-state index contributed by atoms with van der Waals surface area (Å²) >= 11 is 0. The monoisotopic (exact) mass is 430 g/mol. The lowest BCUT2D eigenvalue weighted by molar-refractivity contribution is -0.120. The van der Waals surface area contributed by atoms with E-state index in [9.17, 15) is 18.4 Å². The normalized spacial score (nSPS) is 11.6. The summed E-state index contributed by atoms with van der Waals surface area (Å²) in [7, 11) is 1.27. The van der Waals surface area contributed by atoms with E-state index in [0.717, 1.165) is 5.56 Å². The molecule has 2 amide bonds. The molecule has 1 aromatic heterocycles. The van der Waals surface area contributed by atoms with Crippen molar-refractivity contribution in [1.82, 2.24) is 10.6 Å². The maximum atomic E-state index is 12.5. The van der Waals surface area contributed by atoms with E-state index in [-0.39, 0.29) is 23.6 Å². The van der Waals surface area contributed by atoms with Crippen molar-refractivity contribution in [1.29, 1.82) is 0 Å². The Hall–Kier alpha value is -3.88. The molecule has 31 heavy (non-hydrogen) atoms. The molecule has 0 saturated heterocycles. The predicted octanol–water partition coefficient (Wildman–Crippen LogP) is 3.53. The van der Waals surface area contributed by atoms with Crippen LogP contribution in [0, 0.1) is 0 Å². The van der Waals surface area contributed by atoms with Gasteiger partial charge in [-0.1, -0.05) is 30.3 Å². The second-order valence-electron chi connectivity index (χ2n) is 6.35. The van der Waals surface area contributed by atoms with Crippen molar-refractivity contribution < 1.29 is 32.3 Å². The highest BCUT2D eigenvalue weighted by Crippen LogP contribution is 2.29. The van der Waals surface area contributed by atoms with E-state index in [0.29, 0.717) is 5.76 Å². The van der Waals surface area contributed by atoms with Crippen LogP contribution in [-0.4, -0.2) is 32.1 Å². The Balaban J connectivity index is 1.64. The van der Waals surface area contributed by atoms with Crippen LogP contribution in [0.15, 0.2) is 71.3 Å². The standard InChI is InChI=1S/C22H20F2N2O5/c1-29-18-12-15(9-10-16(18)31-22(23)24)21(28)25-13-19(27)26-20(17-8-5-11-30-17)14-6-3-2-4-7-14/h2-12,20,22H,13H2,1H3,(H,25,28)(H,26,27). The van der Waals surface area contributed by atoms with Gasteiger partial charge in [0.1, 0.15) is 11.8 Å². The minimum absolute atomic E-state index is 0.0284. The van der Waals surface area contributed by atoms with Crippen molar-refractivity contribution >= 4 is 11.8 Å². The molecule has 0 spiro atoms. The van der Waals surface area contributed by atoms with Crippen LogP contribution in [-0.2, 0) is 4.79 Å². The quantitative estimate of drug-likeness (QED) is 0.542. The first kappa shape index (κ1) is 21.8. The summed E-state index contributed by atoms with van der Waals surface area (Å²) in [5.74, 6) is -0.699. The Labute approximate surface area is 177 Å². The Bertz CT molecular complexity index is 1010. The molecule has 3 rings (SSSR count). The fourth-order valence-electron chi connectivity index (χ4n) is 2.90. The first-order valence-electron chi connectivity index (χ1n) is 9.26. The molecule has 0 radical (unpaired) electrons. The molecule has 0 aliphatic carbocycles. The van der Waals surface area contributed by atoms with Crippen LogP contribution in [0.2, 0.25) is 0 Å². The number of benzene rings is 2. The van der Waals surface area contributed by atoms with Gasteiger partial charge in [-0.15, -0.1) is 0 Å². The van der Waals surface area contributed by atoms with Crippen molar-refractivity contribution in [3.63, 3.8) is 0 Å². The third-order valence-electron chi connectivity index (χ3n) is 4.32. The molecule has 2 aromatic carbocycles. The molecule has 162 valence electrons. The summed E-state index contributed by atoms with van der Waals surface area (Å²) in [5, 5.41) is 5.31. The van der Waals surface area contributed by atoms with Gasteiger partial charge in [-0.05, 0) is 35.9 Å². The number of carbonyl (C=O) groups is 2. The highest BCUT2D eigenvalue weighted by molar-refractivity contribution is 5.97. The van der Waals surface area contributed by atoms with Crippen LogP contribution in [0.5, 0.6) is 11.5 Å². The molecular formula is C22H20F2N2O5. The molecular weight excluding hydrogens is 410 g/mol. The zero-order chi connectivity index (χ0) is 22.2. The van der Waals surface area contributed by atoms with Crippen LogP contribution in [0.4, 0.5) is 8.78 Å². The van der Waals surface area contributed by atoms with Crippen molar-refractivity contribution in [3.8, 4) is 11.5 Å². The van der Waals surface area contributed by atoms with E-state index in [1.54, 1.807) is 12.1 Å². The van der Waals surface area contributed by atoms with Gasteiger partial charge in [-0.3, -0.25) is 9.59 Å². The van der Waals surface area contributed by atoms with Gasteiger partial charge in [-0.25, -0.2) is 0 Å². The van der Waals surface area contributed by atoms with Crippen LogP contribution in [0.3, 0.4) is 0 Å². The number of nitrogens with one attached hydrogen (secondary N) is 2. The van der Waals surface area contributed by atoms with Gasteiger partial charge < -0.3 is 24.5 Å². The maximum Gasteiger partial charge on any atom is 0.387 e. The van der Waals surface area contributed by atoms with Gasteiger partial charge in [0.2, 0.25) is 5.91 Å². The van der Waals surface area contributed by atoms with E-state index >= 15 is 0 Å². The molecule has 0 fully saturated rings. The number of halogens is 2. The Morgan fingerprint density at radius 1 is 1.03 bits per heavy atom. The molecule has 1 unspecified atom stereocenters. The number of carbonyl (C=O) groups excluding carboxylic acids is 2. The number of furan rings is 1. The summed E-state index contributed by atoms with van der Waals surface area (Å²) in [6, 6.07) is 15.9. The number of alkyl halides is 2. The fraction of sp³-hybridized carbons (Fsp3) is 0.182. The van der Waals surface area contributed by atoms with Gasteiger partial charge in [0, 0.05) is 5.56 Å². The number of methoxy groups -OCH3 is 1. The van der Waals surface area contributed by atoms with E-state index in [2.05, 4.69) is 15.4 Å². The van der Waals surface area contributed by atoms with Crippen LogP contribution >= 0.6 is 0 Å². The molecule has 2 N–H and O–H groups in total. The van der Waals surface area contributed by atoms with Crippen molar-refractivity contribution in [2.24, 2.45) is 0 Å². The molecule has 7 nitrogen and oxygen atoms in total. The fourth-order valence-corrected chi connectivity index (χ4v) is 2.90. The second kappa shape index (κ2) is 10.2.